The van der Waals surface area contributed by atoms with Gasteiger partial charge in [-0.15, -0.1) is 0 Å². The highest BCUT2D eigenvalue weighted by Gasteiger charge is 2.35. The van der Waals surface area contributed by atoms with Crippen molar-refractivity contribution in [3.8, 4) is 11.5 Å². The van der Waals surface area contributed by atoms with E-state index >= 15 is 0 Å². The molecule has 0 radical (unpaired) electrons. The summed E-state index contributed by atoms with van der Waals surface area (Å²) in [4.78, 5) is 16.7. The van der Waals surface area contributed by atoms with Gasteiger partial charge in [0.15, 0.2) is 17.3 Å². The van der Waals surface area contributed by atoms with Gasteiger partial charge >= 0.3 is 0 Å². The molecular weight excluding hydrogens is 443 g/mol. The highest BCUT2D eigenvalue weighted by atomic mass is 32.2. The predicted molar refractivity (Wildman–Crippen MR) is 128 cm³/mol. The van der Waals surface area contributed by atoms with Crippen LogP contribution in [-0.4, -0.2) is 33.6 Å². The summed E-state index contributed by atoms with van der Waals surface area (Å²) >= 11 is 1.32. The SMILES string of the molecule is CCCC1=NN2C(=N)C(=Cc3ccc(OCc4ccccc4F)c(OCC)c3)C(=O)N=C2S1. The van der Waals surface area contributed by atoms with Gasteiger partial charge in [-0.2, -0.15) is 15.1 Å². The fraction of sp³-hybridized carbons (Fsp3) is 0.250. The molecule has 9 heteroatoms. The van der Waals surface area contributed by atoms with Gasteiger partial charge in [-0.05, 0) is 61.4 Å². The first-order valence-corrected chi connectivity index (χ1v) is 11.4. The second-order valence-electron chi connectivity index (χ2n) is 7.28. The zero-order valence-electron chi connectivity index (χ0n) is 18.3. The number of rotatable bonds is 8. The van der Waals surface area contributed by atoms with E-state index in [1.807, 2.05) is 13.8 Å². The molecule has 0 saturated heterocycles. The summed E-state index contributed by atoms with van der Waals surface area (Å²) in [5, 5.41) is 15.5. The van der Waals surface area contributed by atoms with Crippen LogP contribution in [0.1, 0.15) is 37.8 Å². The van der Waals surface area contributed by atoms with E-state index in [1.165, 1.54) is 22.8 Å². The Morgan fingerprint density at radius 3 is 2.73 bits per heavy atom. The number of halogens is 1. The molecule has 33 heavy (non-hydrogen) atoms. The Bertz CT molecular complexity index is 1190. The summed E-state index contributed by atoms with van der Waals surface area (Å²) in [5.74, 6) is 0.0846. The van der Waals surface area contributed by atoms with Gasteiger partial charge in [0, 0.05) is 5.56 Å². The van der Waals surface area contributed by atoms with Gasteiger partial charge in [0.2, 0.25) is 5.17 Å². The molecule has 4 rings (SSSR count). The molecule has 0 aliphatic carbocycles. The van der Waals surface area contributed by atoms with Crippen LogP contribution >= 0.6 is 11.8 Å². The van der Waals surface area contributed by atoms with Crippen LogP contribution < -0.4 is 9.47 Å². The molecule has 0 unspecified atom stereocenters. The molecule has 0 aromatic heterocycles. The normalized spacial score (nSPS) is 16.6. The maximum Gasteiger partial charge on any atom is 0.283 e. The van der Waals surface area contributed by atoms with E-state index in [0.717, 1.165) is 17.9 Å². The fourth-order valence-electron chi connectivity index (χ4n) is 3.29. The van der Waals surface area contributed by atoms with E-state index in [9.17, 15) is 9.18 Å². The molecular formula is C24H23FN4O3S. The number of nitrogens with zero attached hydrogens (tertiary/aromatic N) is 3. The smallest absolute Gasteiger partial charge is 0.283 e. The number of aliphatic imine (C=N–C) groups is 1. The minimum Gasteiger partial charge on any atom is -0.490 e. The lowest BCUT2D eigenvalue weighted by atomic mass is 10.1. The monoisotopic (exact) mass is 466 g/mol. The van der Waals surface area contributed by atoms with Gasteiger partial charge in [-0.3, -0.25) is 10.2 Å². The van der Waals surface area contributed by atoms with E-state index in [1.54, 1.807) is 42.5 Å². The van der Waals surface area contributed by atoms with Gasteiger partial charge in [0.05, 0.1) is 12.2 Å². The zero-order chi connectivity index (χ0) is 23.4. The molecule has 1 N–H and O–H groups in total. The number of hydrogen-bond acceptors (Lipinski definition) is 6. The highest BCUT2D eigenvalue weighted by molar-refractivity contribution is 8.26. The molecule has 7 nitrogen and oxygen atoms in total. The summed E-state index contributed by atoms with van der Waals surface area (Å²) in [6.45, 7) is 4.35. The van der Waals surface area contributed by atoms with Crippen molar-refractivity contribution in [3.05, 3.63) is 65.0 Å². The highest BCUT2D eigenvalue weighted by Crippen LogP contribution is 2.33. The van der Waals surface area contributed by atoms with Crippen molar-refractivity contribution in [2.24, 2.45) is 10.1 Å². The van der Waals surface area contributed by atoms with Crippen molar-refractivity contribution in [2.75, 3.05) is 6.61 Å². The van der Waals surface area contributed by atoms with Crippen molar-refractivity contribution < 1.29 is 18.7 Å². The molecule has 2 aromatic carbocycles. The average molecular weight is 467 g/mol. The minimum atomic E-state index is -0.482. The van der Waals surface area contributed by atoms with Crippen molar-refractivity contribution in [3.63, 3.8) is 0 Å². The number of fused-ring (bicyclic) bond motifs is 1. The first kappa shape index (κ1) is 22.7. The molecule has 2 aromatic rings. The van der Waals surface area contributed by atoms with Crippen LogP contribution in [0.25, 0.3) is 6.08 Å². The van der Waals surface area contributed by atoms with Crippen molar-refractivity contribution in [1.29, 1.82) is 5.41 Å². The third kappa shape index (κ3) is 4.98. The predicted octanol–water partition coefficient (Wildman–Crippen LogP) is 5.22. The van der Waals surface area contributed by atoms with Crippen LogP contribution in [0.4, 0.5) is 4.39 Å². The number of benzene rings is 2. The molecule has 2 heterocycles. The lowest BCUT2D eigenvalue weighted by Gasteiger charge is -2.20. The number of nitrogens with one attached hydrogen (secondary N) is 1. The molecule has 0 saturated carbocycles. The largest absolute Gasteiger partial charge is 0.490 e. The lowest BCUT2D eigenvalue weighted by molar-refractivity contribution is -0.114. The molecule has 1 amide bonds. The van der Waals surface area contributed by atoms with Crippen LogP contribution in [-0.2, 0) is 11.4 Å². The molecule has 0 spiro atoms. The van der Waals surface area contributed by atoms with Gasteiger partial charge < -0.3 is 9.47 Å². The Kier molecular flexibility index (Phi) is 6.88. The molecule has 170 valence electrons. The Morgan fingerprint density at radius 2 is 1.97 bits per heavy atom. The Morgan fingerprint density at radius 1 is 1.15 bits per heavy atom. The van der Waals surface area contributed by atoms with Gasteiger partial charge in [-0.1, -0.05) is 31.2 Å². The number of hydrogen-bond donors (Lipinski definition) is 1. The van der Waals surface area contributed by atoms with Crippen LogP contribution in [0.5, 0.6) is 11.5 Å². The summed E-state index contributed by atoms with van der Waals surface area (Å²) in [5.41, 5.74) is 1.23. The van der Waals surface area contributed by atoms with Crippen LogP contribution in [0, 0.1) is 11.2 Å². The molecule has 2 aliphatic rings. The van der Waals surface area contributed by atoms with E-state index in [-0.39, 0.29) is 23.8 Å². The second kappa shape index (κ2) is 9.99. The Labute approximate surface area is 195 Å². The van der Waals surface area contributed by atoms with Gasteiger partial charge in [-0.25, -0.2) is 4.39 Å². The molecule has 0 bridgehead atoms. The summed E-state index contributed by atoms with van der Waals surface area (Å²) in [6.07, 6.45) is 3.28. The van der Waals surface area contributed by atoms with Gasteiger partial charge in [0.1, 0.15) is 17.5 Å². The number of hydrazone groups is 1. The number of carbonyl (C=O) groups is 1. The minimum absolute atomic E-state index is 0.0126. The molecule has 2 aliphatic heterocycles. The third-order valence-electron chi connectivity index (χ3n) is 4.88. The quantitative estimate of drug-likeness (QED) is 0.539. The topological polar surface area (TPSA) is 87.3 Å². The second-order valence-corrected chi connectivity index (χ2v) is 8.32. The number of carbonyl (C=O) groups excluding carboxylic acids is 1. The van der Waals surface area contributed by atoms with Crippen LogP contribution in [0.3, 0.4) is 0 Å². The Hall–Kier alpha value is -3.46. The number of thioether (sulfide) groups is 1. The number of ether oxygens (including phenoxy) is 2. The van der Waals surface area contributed by atoms with Crippen LogP contribution in [0.2, 0.25) is 0 Å². The number of amidine groups is 2. The van der Waals surface area contributed by atoms with Crippen molar-refractivity contribution >= 4 is 39.8 Å². The first-order valence-electron chi connectivity index (χ1n) is 10.6. The maximum atomic E-state index is 13.9. The van der Waals surface area contributed by atoms with E-state index in [4.69, 9.17) is 14.9 Å². The van der Waals surface area contributed by atoms with Crippen molar-refractivity contribution in [1.82, 2.24) is 5.01 Å². The van der Waals surface area contributed by atoms with E-state index < -0.39 is 5.91 Å². The third-order valence-corrected chi connectivity index (χ3v) is 5.85. The maximum absolute atomic E-state index is 13.9. The standard InChI is InChI=1S/C24H23FN4O3S/c1-3-7-21-28-29-22(26)17(23(30)27-24(29)33-21)12-15-10-11-19(20(13-15)31-4-2)32-14-16-8-5-6-9-18(16)25/h5-6,8-13,26H,3-4,7,14H2,1-2H3. The van der Waals surface area contributed by atoms with E-state index in [2.05, 4.69) is 10.1 Å². The number of amides is 1. The summed E-state index contributed by atoms with van der Waals surface area (Å²) in [6, 6.07) is 11.6. The summed E-state index contributed by atoms with van der Waals surface area (Å²) in [7, 11) is 0. The van der Waals surface area contributed by atoms with Gasteiger partial charge in [0.25, 0.3) is 5.91 Å². The van der Waals surface area contributed by atoms with Crippen LogP contribution in [0.15, 0.2) is 58.1 Å². The molecule has 0 fully saturated rings. The fourth-order valence-corrected chi connectivity index (χ4v) is 4.27. The summed E-state index contributed by atoms with van der Waals surface area (Å²) < 4.78 is 25.4. The zero-order valence-corrected chi connectivity index (χ0v) is 19.1. The van der Waals surface area contributed by atoms with E-state index in [0.29, 0.717) is 34.4 Å². The Balaban J connectivity index is 1.58. The first-order chi connectivity index (χ1) is 16.0. The lowest BCUT2D eigenvalue weighted by Crippen LogP contribution is -2.35. The average Bonchev–Trinajstić information content (AvgIpc) is 3.20. The van der Waals surface area contributed by atoms with Crippen molar-refractivity contribution in [2.45, 2.75) is 33.3 Å². The molecule has 0 atom stereocenters.